The zero-order chi connectivity index (χ0) is 15.9. The number of nitrogens with two attached hydrogens (primary N) is 1. The van der Waals surface area contributed by atoms with E-state index >= 15 is 0 Å². The molecule has 1 aromatic carbocycles. The Morgan fingerprint density at radius 2 is 1.86 bits per heavy atom. The molecule has 0 aliphatic carbocycles. The van der Waals surface area contributed by atoms with Crippen LogP contribution in [0.5, 0.6) is 0 Å². The lowest BCUT2D eigenvalue weighted by molar-refractivity contribution is -0.148. The summed E-state index contributed by atoms with van der Waals surface area (Å²) in [6, 6.07) is 8.45. The average Bonchev–Trinajstić information content (AvgIpc) is 2.80. The molecule has 0 saturated carbocycles. The number of carbonyl (C=O) groups is 3. The molecule has 22 heavy (non-hydrogen) atoms. The fourth-order valence-corrected chi connectivity index (χ4v) is 2.74. The molecule has 0 radical (unpaired) electrons. The van der Waals surface area contributed by atoms with E-state index in [0.717, 1.165) is 24.8 Å². The van der Waals surface area contributed by atoms with Gasteiger partial charge < -0.3 is 4.90 Å². The minimum atomic E-state index is -0.653. The van der Waals surface area contributed by atoms with Crippen LogP contribution in [0.4, 0.5) is 0 Å². The molecule has 6 nitrogen and oxygen atoms in total. The third-order valence-corrected chi connectivity index (χ3v) is 3.90. The number of benzene rings is 1. The van der Waals surface area contributed by atoms with Crippen molar-refractivity contribution in [3.8, 4) is 0 Å². The zero-order valence-corrected chi connectivity index (χ0v) is 12.5. The van der Waals surface area contributed by atoms with Gasteiger partial charge in [0.15, 0.2) is 0 Å². The van der Waals surface area contributed by atoms with Gasteiger partial charge in [-0.05, 0) is 18.4 Å². The van der Waals surface area contributed by atoms with Crippen LogP contribution >= 0.6 is 0 Å². The SMILES string of the molecule is NNC(=O)C1CCCCCN1C(=O)C(=O)Cc1ccccc1. The van der Waals surface area contributed by atoms with Crippen LogP contribution in [0.25, 0.3) is 0 Å². The predicted octanol–water partition coefficient (Wildman–Crippen LogP) is 0.559. The van der Waals surface area contributed by atoms with Gasteiger partial charge in [0.1, 0.15) is 6.04 Å². The number of ketones is 1. The van der Waals surface area contributed by atoms with E-state index in [4.69, 9.17) is 5.84 Å². The van der Waals surface area contributed by atoms with E-state index in [1.807, 2.05) is 18.2 Å². The van der Waals surface area contributed by atoms with Crippen LogP contribution in [0.3, 0.4) is 0 Å². The number of rotatable bonds is 4. The standard InChI is InChI=1S/C16H21N3O3/c17-18-15(21)13-9-5-2-6-10-19(13)16(22)14(20)11-12-7-3-1-4-8-12/h1,3-4,7-8,13H,2,5-6,9-11,17H2,(H,18,21). The van der Waals surface area contributed by atoms with Crippen molar-refractivity contribution in [3.05, 3.63) is 35.9 Å². The van der Waals surface area contributed by atoms with E-state index in [0.29, 0.717) is 13.0 Å². The van der Waals surface area contributed by atoms with Crippen LogP contribution in [0.1, 0.15) is 31.2 Å². The third-order valence-electron chi connectivity index (χ3n) is 3.90. The van der Waals surface area contributed by atoms with Crippen molar-refractivity contribution in [1.82, 2.24) is 10.3 Å². The van der Waals surface area contributed by atoms with E-state index < -0.39 is 23.6 Å². The summed E-state index contributed by atoms with van der Waals surface area (Å²) < 4.78 is 0. The molecule has 6 heteroatoms. The zero-order valence-electron chi connectivity index (χ0n) is 12.5. The second-order valence-corrected chi connectivity index (χ2v) is 5.46. The van der Waals surface area contributed by atoms with E-state index in [9.17, 15) is 14.4 Å². The van der Waals surface area contributed by atoms with Gasteiger partial charge in [0.2, 0.25) is 5.78 Å². The van der Waals surface area contributed by atoms with Crippen LogP contribution in [0, 0.1) is 0 Å². The van der Waals surface area contributed by atoms with Crippen molar-refractivity contribution in [2.45, 2.75) is 38.1 Å². The van der Waals surface area contributed by atoms with Gasteiger partial charge in [-0.1, -0.05) is 43.2 Å². The van der Waals surface area contributed by atoms with Gasteiger partial charge in [0.25, 0.3) is 11.8 Å². The topological polar surface area (TPSA) is 92.5 Å². The second-order valence-electron chi connectivity index (χ2n) is 5.46. The number of Topliss-reactive ketones (excluding diaryl/α,β-unsaturated/α-hetero) is 1. The fraction of sp³-hybridized carbons (Fsp3) is 0.438. The Morgan fingerprint density at radius 1 is 1.14 bits per heavy atom. The highest BCUT2D eigenvalue weighted by atomic mass is 16.2. The molecule has 1 saturated heterocycles. The number of hydrazine groups is 1. The van der Waals surface area contributed by atoms with E-state index in [1.54, 1.807) is 12.1 Å². The molecule has 1 fully saturated rings. The van der Waals surface area contributed by atoms with Gasteiger partial charge in [0, 0.05) is 13.0 Å². The Balaban J connectivity index is 2.10. The minimum Gasteiger partial charge on any atom is -0.324 e. The summed E-state index contributed by atoms with van der Waals surface area (Å²) in [5.41, 5.74) is 2.88. The summed E-state index contributed by atoms with van der Waals surface area (Å²) in [5.74, 6) is 3.68. The first-order chi connectivity index (χ1) is 10.6. The Bertz CT molecular complexity index is 545. The lowest BCUT2D eigenvalue weighted by Gasteiger charge is -2.27. The van der Waals surface area contributed by atoms with Crippen molar-refractivity contribution in [3.63, 3.8) is 0 Å². The number of nitrogens with one attached hydrogen (secondary N) is 1. The van der Waals surface area contributed by atoms with Gasteiger partial charge in [-0.25, -0.2) is 5.84 Å². The molecule has 2 amide bonds. The molecule has 1 heterocycles. The van der Waals surface area contributed by atoms with E-state index in [-0.39, 0.29) is 6.42 Å². The quantitative estimate of drug-likeness (QED) is 0.368. The van der Waals surface area contributed by atoms with Crippen molar-refractivity contribution in [1.29, 1.82) is 0 Å². The molecule has 0 aromatic heterocycles. The Hall–Kier alpha value is -2.21. The van der Waals surface area contributed by atoms with E-state index in [1.165, 1.54) is 4.90 Å². The fourth-order valence-electron chi connectivity index (χ4n) is 2.74. The molecule has 1 atom stereocenters. The summed E-state index contributed by atoms with van der Waals surface area (Å²) in [6.07, 6.45) is 3.15. The highest BCUT2D eigenvalue weighted by Gasteiger charge is 2.33. The highest BCUT2D eigenvalue weighted by Crippen LogP contribution is 2.18. The lowest BCUT2D eigenvalue weighted by Crippen LogP contribution is -2.52. The Kier molecular flexibility index (Phi) is 5.66. The Morgan fingerprint density at radius 3 is 2.55 bits per heavy atom. The summed E-state index contributed by atoms with van der Waals surface area (Å²) in [5, 5.41) is 0. The van der Waals surface area contributed by atoms with Crippen LogP contribution < -0.4 is 11.3 Å². The maximum Gasteiger partial charge on any atom is 0.290 e. The highest BCUT2D eigenvalue weighted by molar-refractivity contribution is 6.36. The predicted molar refractivity (Wildman–Crippen MR) is 81.5 cm³/mol. The average molecular weight is 303 g/mol. The summed E-state index contributed by atoms with van der Waals surface area (Å²) in [6.45, 7) is 0.414. The molecule has 1 aromatic rings. The molecular formula is C16H21N3O3. The van der Waals surface area contributed by atoms with Gasteiger partial charge in [0.05, 0.1) is 0 Å². The maximum absolute atomic E-state index is 12.4. The van der Waals surface area contributed by atoms with Crippen molar-refractivity contribution in [2.24, 2.45) is 5.84 Å². The lowest BCUT2D eigenvalue weighted by atomic mass is 10.1. The van der Waals surface area contributed by atoms with Crippen LogP contribution in [-0.4, -0.2) is 35.1 Å². The minimum absolute atomic E-state index is 0.0487. The van der Waals surface area contributed by atoms with Gasteiger partial charge in [-0.3, -0.25) is 19.8 Å². The normalized spacial score (nSPS) is 18.4. The van der Waals surface area contributed by atoms with E-state index in [2.05, 4.69) is 5.43 Å². The molecule has 2 rings (SSSR count). The molecular weight excluding hydrogens is 282 g/mol. The second kappa shape index (κ2) is 7.70. The molecule has 1 unspecified atom stereocenters. The molecule has 3 N–H and O–H groups in total. The number of hydrogen-bond acceptors (Lipinski definition) is 4. The number of hydrogen-bond donors (Lipinski definition) is 2. The number of nitrogens with zero attached hydrogens (tertiary/aromatic N) is 1. The third kappa shape index (κ3) is 3.92. The number of carbonyl (C=O) groups excluding carboxylic acids is 3. The molecule has 0 bridgehead atoms. The van der Waals surface area contributed by atoms with Crippen molar-refractivity contribution < 1.29 is 14.4 Å². The van der Waals surface area contributed by atoms with Crippen molar-refractivity contribution >= 4 is 17.6 Å². The van der Waals surface area contributed by atoms with Crippen LogP contribution in [0.2, 0.25) is 0 Å². The van der Waals surface area contributed by atoms with Gasteiger partial charge in [-0.2, -0.15) is 0 Å². The van der Waals surface area contributed by atoms with Gasteiger partial charge in [-0.15, -0.1) is 0 Å². The first kappa shape index (κ1) is 16.2. The molecule has 1 aliphatic heterocycles. The number of likely N-dealkylation sites (tertiary alicyclic amines) is 1. The first-order valence-corrected chi connectivity index (χ1v) is 7.51. The summed E-state index contributed by atoms with van der Waals surface area (Å²) >= 11 is 0. The van der Waals surface area contributed by atoms with Gasteiger partial charge >= 0.3 is 0 Å². The molecule has 118 valence electrons. The monoisotopic (exact) mass is 303 g/mol. The molecule has 1 aliphatic rings. The van der Waals surface area contributed by atoms with Crippen LogP contribution in [0.15, 0.2) is 30.3 Å². The number of amides is 2. The van der Waals surface area contributed by atoms with Crippen molar-refractivity contribution in [2.75, 3.05) is 6.54 Å². The maximum atomic E-state index is 12.4. The Labute approximate surface area is 129 Å². The summed E-state index contributed by atoms with van der Waals surface area (Å²) in [7, 11) is 0. The molecule has 0 spiro atoms. The van der Waals surface area contributed by atoms with Crippen LogP contribution in [-0.2, 0) is 20.8 Å². The smallest absolute Gasteiger partial charge is 0.290 e. The largest absolute Gasteiger partial charge is 0.324 e. The first-order valence-electron chi connectivity index (χ1n) is 7.51. The summed E-state index contributed by atoms with van der Waals surface area (Å²) in [4.78, 5) is 37.9.